The SMILES string of the molecule is COc1ccc(S(=O)(=O)N[C@@H](C)CCCC(C)C)cc1. The molecule has 1 atom stereocenters. The van der Waals surface area contributed by atoms with Gasteiger partial charge in [-0.05, 0) is 43.5 Å². The first kappa shape index (κ1) is 17.0. The molecule has 0 aliphatic carbocycles. The molecule has 4 nitrogen and oxygen atoms in total. The highest BCUT2D eigenvalue weighted by Gasteiger charge is 2.17. The lowest BCUT2D eigenvalue weighted by molar-refractivity contribution is 0.414. The third-order valence-electron chi connectivity index (χ3n) is 3.14. The van der Waals surface area contributed by atoms with E-state index in [0.29, 0.717) is 11.7 Å². The maximum Gasteiger partial charge on any atom is 0.240 e. The van der Waals surface area contributed by atoms with E-state index in [0.717, 1.165) is 19.3 Å². The Morgan fingerprint density at radius 1 is 1.10 bits per heavy atom. The maximum absolute atomic E-state index is 12.2. The third kappa shape index (κ3) is 5.51. The van der Waals surface area contributed by atoms with Crippen LogP contribution >= 0.6 is 0 Å². The van der Waals surface area contributed by atoms with Crippen LogP contribution in [0.25, 0.3) is 0 Å². The predicted octanol–water partition coefficient (Wildman–Crippen LogP) is 3.19. The first-order chi connectivity index (χ1) is 9.35. The minimum Gasteiger partial charge on any atom is -0.497 e. The Balaban J connectivity index is 2.59. The van der Waals surface area contributed by atoms with Crippen molar-refractivity contribution in [3.8, 4) is 5.75 Å². The molecule has 0 heterocycles. The highest BCUT2D eigenvalue weighted by atomic mass is 32.2. The van der Waals surface area contributed by atoms with Gasteiger partial charge < -0.3 is 4.74 Å². The van der Waals surface area contributed by atoms with Gasteiger partial charge in [0, 0.05) is 6.04 Å². The van der Waals surface area contributed by atoms with Crippen LogP contribution in [0.3, 0.4) is 0 Å². The second-order valence-corrected chi connectivity index (χ2v) is 7.24. The first-order valence-electron chi connectivity index (χ1n) is 7.01. The largest absolute Gasteiger partial charge is 0.497 e. The Labute approximate surface area is 122 Å². The van der Waals surface area contributed by atoms with Gasteiger partial charge in [0.1, 0.15) is 5.75 Å². The van der Waals surface area contributed by atoms with Crippen LogP contribution in [0.2, 0.25) is 0 Å². The second kappa shape index (κ2) is 7.64. The fourth-order valence-electron chi connectivity index (χ4n) is 1.98. The Hall–Kier alpha value is -1.07. The van der Waals surface area contributed by atoms with Crippen molar-refractivity contribution in [2.45, 2.75) is 51.0 Å². The third-order valence-corrected chi connectivity index (χ3v) is 4.75. The lowest BCUT2D eigenvalue weighted by Crippen LogP contribution is -2.32. The molecule has 0 radical (unpaired) electrons. The minimum absolute atomic E-state index is 0.0548. The van der Waals surface area contributed by atoms with Crippen LogP contribution in [0.5, 0.6) is 5.75 Å². The molecule has 0 saturated heterocycles. The number of rotatable bonds is 8. The summed E-state index contributed by atoms with van der Waals surface area (Å²) in [5.41, 5.74) is 0. The number of sulfonamides is 1. The van der Waals surface area contributed by atoms with E-state index >= 15 is 0 Å². The minimum atomic E-state index is -3.44. The molecule has 0 unspecified atom stereocenters. The number of benzene rings is 1. The van der Waals surface area contributed by atoms with Crippen molar-refractivity contribution in [3.63, 3.8) is 0 Å². The van der Waals surface area contributed by atoms with Crippen LogP contribution in [0.15, 0.2) is 29.2 Å². The van der Waals surface area contributed by atoms with Crippen LogP contribution < -0.4 is 9.46 Å². The fraction of sp³-hybridized carbons (Fsp3) is 0.600. The van der Waals surface area contributed by atoms with Gasteiger partial charge >= 0.3 is 0 Å². The van der Waals surface area contributed by atoms with Crippen LogP contribution in [-0.2, 0) is 10.0 Å². The topological polar surface area (TPSA) is 55.4 Å². The van der Waals surface area contributed by atoms with Gasteiger partial charge in [-0.25, -0.2) is 13.1 Å². The van der Waals surface area contributed by atoms with Crippen molar-refractivity contribution in [3.05, 3.63) is 24.3 Å². The molecule has 0 aliphatic rings. The van der Waals surface area contributed by atoms with Gasteiger partial charge in [-0.1, -0.05) is 26.7 Å². The van der Waals surface area contributed by atoms with Gasteiger partial charge in [0.15, 0.2) is 0 Å². The standard InChI is InChI=1S/C15H25NO3S/c1-12(2)6-5-7-13(3)16-20(17,18)15-10-8-14(19-4)9-11-15/h8-13,16H,5-7H2,1-4H3/t13-/m0/s1. The Bertz CT molecular complexity index is 494. The molecular formula is C15H25NO3S. The highest BCUT2D eigenvalue weighted by molar-refractivity contribution is 7.89. The summed E-state index contributed by atoms with van der Waals surface area (Å²) in [7, 11) is -1.89. The number of methoxy groups -OCH3 is 1. The molecule has 0 aromatic heterocycles. The van der Waals surface area contributed by atoms with Crippen LogP contribution in [-0.4, -0.2) is 21.6 Å². The highest BCUT2D eigenvalue weighted by Crippen LogP contribution is 2.16. The first-order valence-corrected chi connectivity index (χ1v) is 8.50. The fourth-order valence-corrected chi connectivity index (χ4v) is 3.26. The van der Waals surface area contributed by atoms with Crippen molar-refractivity contribution in [2.75, 3.05) is 7.11 Å². The molecule has 0 aliphatic heterocycles. The number of nitrogens with one attached hydrogen (secondary N) is 1. The lowest BCUT2D eigenvalue weighted by atomic mass is 10.0. The van der Waals surface area contributed by atoms with Gasteiger partial charge in [-0.15, -0.1) is 0 Å². The molecule has 1 aromatic carbocycles. The van der Waals surface area contributed by atoms with Crippen LogP contribution in [0.4, 0.5) is 0 Å². The van der Waals surface area contributed by atoms with Crippen LogP contribution in [0, 0.1) is 5.92 Å². The molecule has 0 saturated carbocycles. The zero-order chi connectivity index (χ0) is 15.2. The quantitative estimate of drug-likeness (QED) is 0.802. The van der Waals surface area contributed by atoms with Crippen molar-refractivity contribution in [1.82, 2.24) is 4.72 Å². The summed E-state index contributed by atoms with van der Waals surface area (Å²) in [6.45, 7) is 6.25. The zero-order valence-electron chi connectivity index (χ0n) is 12.7. The van der Waals surface area contributed by atoms with Gasteiger partial charge in [0.25, 0.3) is 0 Å². The molecule has 5 heteroatoms. The summed E-state index contributed by atoms with van der Waals surface area (Å²) in [5, 5.41) is 0. The lowest BCUT2D eigenvalue weighted by Gasteiger charge is -2.15. The monoisotopic (exact) mass is 299 g/mol. The summed E-state index contributed by atoms with van der Waals surface area (Å²) in [4.78, 5) is 0.272. The smallest absolute Gasteiger partial charge is 0.240 e. The second-order valence-electron chi connectivity index (χ2n) is 5.52. The van der Waals surface area contributed by atoms with Crippen LogP contribution in [0.1, 0.15) is 40.0 Å². The molecule has 20 heavy (non-hydrogen) atoms. The van der Waals surface area contributed by atoms with Gasteiger partial charge in [0.05, 0.1) is 12.0 Å². The molecule has 0 bridgehead atoms. The van der Waals surface area contributed by atoms with E-state index in [-0.39, 0.29) is 10.9 Å². The Kier molecular flexibility index (Phi) is 6.49. The summed E-state index contributed by atoms with van der Waals surface area (Å²) in [6, 6.07) is 6.36. The molecule has 1 rings (SSSR count). The zero-order valence-corrected chi connectivity index (χ0v) is 13.5. The molecule has 0 spiro atoms. The summed E-state index contributed by atoms with van der Waals surface area (Å²) >= 11 is 0. The molecule has 0 amide bonds. The number of hydrogen-bond donors (Lipinski definition) is 1. The predicted molar refractivity (Wildman–Crippen MR) is 81.5 cm³/mol. The van der Waals surface area contributed by atoms with Crippen molar-refractivity contribution >= 4 is 10.0 Å². The van der Waals surface area contributed by atoms with E-state index in [2.05, 4.69) is 18.6 Å². The van der Waals surface area contributed by atoms with E-state index < -0.39 is 10.0 Å². The number of hydrogen-bond acceptors (Lipinski definition) is 3. The summed E-state index contributed by atoms with van der Waals surface area (Å²) < 4.78 is 32.1. The normalized spacial score (nSPS) is 13.4. The number of ether oxygens (including phenoxy) is 1. The van der Waals surface area contributed by atoms with Crippen molar-refractivity contribution in [1.29, 1.82) is 0 Å². The molecule has 1 aromatic rings. The molecular weight excluding hydrogens is 274 g/mol. The summed E-state index contributed by atoms with van der Waals surface area (Å²) in [6.07, 6.45) is 3.01. The van der Waals surface area contributed by atoms with Gasteiger partial charge in [-0.3, -0.25) is 0 Å². The molecule has 1 N–H and O–H groups in total. The maximum atomic E-state index is 12.2. The average Bonchev–Trinajstić information content (AvgIpc) is 2.37. The Morgan fingerprint density at radius 2 is 1.70 bits per heavy atom. The van der Waals surface area contributed by atoms with E-state index in [1.807, 2.05) is 6.92 Å². The Morgan fingerprint density at radius 3 is 2.20 bits per heavy atom. The van der Waals surface area contributed by atoms with E-state index in [9.17, 15) is 8.42 Å². The van der Waals surface area contributed by atoms with E-state index in [1.165, 1.54) is 0 Å². The van der Waals surface area contributed by atoms with E-state index in [1.54, 1.807) is 31.4 Å². The van der Waals surface area contributed by atoms with E-state index in [4.69, 9.17) is 4.74 Å². The molecule has 114 valence electrons. The van der Waals surface area contributed by atoms with Crippen molar-refractivity contribution in [2.24, 2.45) is 5.92 Å². The van der Waals surface area contributed by atoms with Crippen molar-refractivity contribution < 1.29 is 13.2 Å². The van der Waals surface area contributed by atoms with Gasteiger partial charge in [-0.2, -0.15) is 0 Å². The average molecular weight is 299 g/mol. The summed E-state index contributed by atoms with van der Waals surface area (Å²) in [5.74, 6) is 1.30. The molecule has 0 fully saturated rings. The van der Waals surface area contributed by atoms with Gasteiger partial charge in [0.2, 0.25) is 10.0 Å².